The SMILES string of the molecule is O=C(CCc1nc(-c2ccncc2)no1)NCc1cccs1. The second kappa shape index (κ2) is 6.95. The van der Waals surface area contributed by atoms with E-state index < -0.39 is 0 Å². The maximum atomic E-state index is 11.8. The van der Waals surface area contributed by atoms with Crippen molar-refractivity contribution in [2.75, 3.05) is 0 Å². The van der Waals surface area contributed by atoms with E-state index in [2.05, 4.69) is 20.4 Å². The molecule has 3 heterocycles. The Hall–Kier alpha value is -2.54. The third-order valence-corrected chi connectivity index (χ3v) is 3.89. The summed E-state index contributed by atoms with van der Waals surface area (Å²) in [4.78, 5) is 21.1. The lowest BCUT2D eigenvalue weighted by molar-refractivity contribution is -0.121. The predicted octanol–water partition coefficient (Wildman–Crippen LogP) is 2.44. The molecule has 3 aromatic heterocycles. The van der Waals surface area contributed by atoms with Crippen LogP contribution in [0.15, 0.2) is 46.6 Å². The van der Waals surface area contributed by atoms with Crippen LogP contribution in [0.3, 0.4) is 0 Å². The first-order chi connectivity index (χ1) is 10.8. The highest BCUT2D eigenvalue weighted by Gasteiger charge is 2.10. The zero-order valence-electron chi connectivity index (χ0n) is 11.7. The van der Waals surface area contributed by atoms with E-state index in [0.717, 1.165) is 10.4 Å². The van der Waals surface area contributed by atoms with Gasteiger partial charge in [0.25, 0.3) is 0 Å². The van der Waals surface area contributed by atoms with E-state index in [4.69, 9.17) is 4.52 Å². The Morgan fingerprint density at radius 1 is 1.27 bits per heavy atom. The molecule has 7 heteroatoms. The molecule has 3 rings (SSSR count). The number of nitrogens with one attached hydrogen (secondary N) is 1. The molecular formula is C15H14N4O2S. The Labute approximate surface area is 131 Å². The number of hydrogen-bond donors (Lipinski definition) is 1. The van der Waals surface area contributed by atoms with Crippen LogP contribution in [0.1, 0.15) is 17.2 Å². The number of rotatable bonds is 6. The lowest BCUT2D eigenvalue weighted by atomic mass is 10.2. The van der Waals surface area contributed by atoms with E-state index in [9.17, 15) is 4.79 Å². The van der Waals surface area contributed by atoms with Crippen LogP contribution < -0.4 is 5.32 Å². The number of hydrogen-bond acceptors (Lipinski definition) is 6. The minimum atomic E-state index is -0.0305. The van der Waals surface area contributed by atoms with Crippen LogP contribution in [0.2, 0.25) is 0 Å². The summed E-state index contributed by atoms with van der Waals surface area (Å²) in [6.45, 7) is 0.558. The fourth-order valence-corrected chi connectivity index (χ4v) is 2.53. The van der Waals surface area contributed by atoms with Gasteiger partial charge >= 0.3 is 0 Å². The minimum Gasteiger partial charge on any atom is -0.351 e. The van der Waals surface area contributed by atoms with Gasteiger partial charge in [0, 0.05) is 35.7 Å². The van der Waals surface area contributed by atoms with Crippen molar-refractivity contribution in [3.8, 4) is 11.4 Å². The van der Waals surface area contributed by atoms with Gasteiger partial charge in [-0.3, -0.25) is 9.78 Å². The van der Waals surface area contributed by atoms with Gasteiger partial charge in [-0.05, 0) is 23.6 Å². The Bertz CT molecular complexity index is 725. The van der Waals surface area contributed by atoms with Gasteiger partial charge in [0.05, 0.1) is 6.54 Å². The van der Waals surface area contributed by atoms with E-state index in [0.29, 0.717) is 31.1 Å². The molecule has 0 fully saturated rings. The van der Waals surface area contributed by atoms with Crippen molar-refractivity contribution < 1.29 is 9.32 Å². The van der Waals surface area contributed by atoms with E-state index in [1.807, 2.05) is 29.6 Å². The summed E-state index contributed by atoms with van der Waals surface area (Å²) in [5.41, 5.74) is 0.840. The lowest BCUT2D eigenvalue weighted by Crippen LogP contribution is -2.22. The van der Waals surface area contributed by atoms with Gasteiger partial charge < -0.3 is 9.84 Å². The molecule has 0 radical (unpaired) electrons. The topological polar surface area (TPSA) is 80.9 Å². The minimum absolute atomic E-state index is 0.0305. The Balaban J connectivity index is 1.49. The maximum Gasteiger partial charge on any atom is 0.227 e. The molecule has 0 aliphatic carbocycles. The van der Waals surface area contributed by atoms with Crippen LogP contribution in [-0.4, -0.2) is 21.0 Å². The molecule has 0 spiro atoms. The molecular weight excluding hydrogens is 300 g/mol. The number of pyridine rings is 1. The summed E-state index contributed by atoms with van der Waals surface area (Å²) in [6.07, 6.45) is 4.09. The van der Waals surface area contributed by atoms with Crippen LogP contribution in [0.5, 0.6) is 0 Å². The van der Waals surface area contributed by atoms with Gasteiger partial charge in [-0.1, -0.05) is 11.2 Å². The highest BCUT2D eigenvalue weighted by molar-refractivity contribution is 7.09. The van der Waals surface area contributed by atoms with Crippen molar-refractivity contribution in [2.45, 2.75) is 19.4 Å². The van der Waals surface area contributed by atoms with Gasteiger partial charge in [-0.25, -0.2) is 0 Å². The molecule has 0 aliphatic rings. The largest absolute Gasteiger partial charge is 0.351 e. The summed E-state index contributed by atoms with van der Waals surface area (Å²) >= 11 is 1.62. The van der Waals surface area contributed by atoms with Crippen LogP contribution in [0.4, 0.5) is 0 Å². The number of carbonyl (C=O) groups is 1. The number of thiophene rings is 1. The Morgan fingerprint density at radius 2 is 2.14 bits per heavy atom. The first-order valence-corrected chi connectivity index (χ1v) is 7.71. The first-order valence-electron chi connectivity index (χ1n) is 6.83. The van der Waals surface area contributed by atoms with Gasteiger partial charge in [0.1, 0.15) is 0 Å². The third-order valence-electron chi connectivity index (χ3n) is 3.01. The number of amides is 1. The fourth-order valence-electron chi connectivity index (χ4n) is 1.88. The molecule has 0 aliphatic heterocycles. The molecule has 3 aromatic rings. The number of nitrogens with zero attached hydrogens (tertiary/aromatic N) is 3. The van der Waals surface area contributed by atoms with Gasteiger partial charge in [-0.15, -0.1) is 11.3 Å². The second-order valence-corrected chi connectivity index (χ2v) is 5.64. The molecule has 22 heavy (non-hydrogen) atoms. The van der Waals surface area contributed by atoms with Crippen LogP contribution in [-0.2, 0) is 17.8 Å². The van der Waals surface area contributed by atoms with Crippen LogP contribution in [0, 0.1) is 0 Å². The molecule has 0 aromatic carbocycles. The Kier molecular flexibility index (Phi) is 4.55. The predicted molar refractivity (Wildman–Crippen MR) is 82.0 cm³/mol. The summed E-state index contributed by atoms with van der Waals surface area (Å²) in [7, 11) is 0. The van der Waals surface area contributed by atoms with E-state index in [1.165, 1.54) is 0 Å². The van der Waals surface area contributed by atoms with Crippen molar-refractivity contribution in [2.24, 2.45) is 0 Å². The molecule has 0 saturated heterocycles. The Morgan fingerprint density at radius 3 is 2.91 bits per heavy atom. The summed E-state index contributed by atoms with van der Waals surface area (Å²) < 4.78 is 5.16. The monoisotopic (exact) mass is 314 g/mol. The zero-order valence-corrected chi connectivity index (χ0v) is 12.5. The van der Waals surface area contributed by atoms with Crippen molar-refractivity contribution >= 4 is 17.2 Å². The number of aromatic nitrogens is 3. The van der Waals surface area contributed by atoms with E-state index >= 15 is 0 Å². The standard InChI is InChI=1S/C15H14N4O2S/c20-13(17-10-12-2-1-9-22-12)3-4-14-18-15(19-21-14)11-5-7-16-8-6-11/h1-2,5-9H,3-4,10H2,(H,17,20). The second-order valence-electron chi connectivity index (χ2n) is 4.60. The summed E-state index contributed by atoms with van der Waals surface area (Å²) in [5, 5.41) is 8.76. The van der Waals surface area contributed by atoms with Crippen molar-refractivity contribution in [1.29, 1.82) is 0 Å². The average molecular weight is 314 g/mol. The molecule has 0 unspecified atom stereocenters. The number of aryl methyl sites for hydroxylation is 1. The molecule has 1 N–H and O–H groups in total. The van der Waals surface area contributed by atoms with Crippen molar-refractivity contribution in [3.63, 3.8) is 0 Å². The van der Waals surface area contributed by atoms with Crippen LogP contribution >= 0.6 is 11.3 Å². The zero-order chi connectivity index (χ0) is 15.2. The van der Waals surface area contributed by atoms with Gasteiger partial charge in [0.15, 0.2) is 0 Å². The maximum absolute atomic E-state index is 11.8. The average Bonchev–Trinajstić information content (AvgIpc) is 3.23. The van der Waals surface area contributed by atoms with Gasteiger partial charge in [-0.2, -0.15) is 4.98 Å². The molecule has 0 atom stereocenters. The first kappa shape index (κ1) is 14.4. The van der Waals surface area contributed by atoms with Crippen LogP contribution in [0.25, 0.3) is 11.4 Å². The normalized spacial score (nSPS) is 10.5. The molecule has 112 valence electrons. The smallest absolute Gasteiger partial charge is 0.227 e. The van der Waals surface area contributed by atoms with Crippen molar-refractivity contribution in [3.05, 3.63) is 52.8 Å². The molecule has 6 nitrogen and oxygen atoms in total. The summed E-state index contributed by atoms with van der Waals surface area (Å²) in [5.74, 6) is 0.937. The fraction of sp³-hybridized carbons (Fsp3) is 0.200. The van der Waals surface area contributed by atoms with Crippen molar-refractivity contribution in [1.82, 2.24) is 20.4 Å². The quantitative estimate of drug-likeness (QED) is 0.756. The van der Waals surface area contributed by atoms with E-state index in [1.54, 1.807) is 23.7 Å². The van der Waals surface area contributed by atoms with E-state index in [-0.39, 0.29) is 5.91 Å². The molecule has 1 amide bonds. The summed E-state index contributed by atoms with van der Waals surface area (Å²) in [6, 6.07) is 7.57. The number of carbonyl (C=O) groups excluding carboxylic acids is 1. The molecule has 0 saturated carbocycles. The lowest BCUT2D eigenvalue weighted by Gasteiger charge is -2.01. The van der Waals surface area contributed by atoms with Gasteiger partial charge in [0.2, 0.25) is 17.6 Å². The molecule has 0 bridgehead atoms. The highest BCUT2D eigenvalue weighted by Crippen LogP contribution is 2.14. The third kappa shape index (κ3) is 3.76. The highest BCUT2D eigenvalue weighted by atomic mass is 32.1.